The Balaban J connectivity index is 2.58. The molecule has 0 radical (unpaired) electrons. The Labute approximate surface area is 112 Å². The third kappa shape index (κ3) is 3.73. The highest BCUT2D eigenvalue weighted by molar-refractivity contribution is 9.09. The summed E-state index contributed by atoms with van der Waals surface area (Å²) in [5, 5.41) is 2.32. The minimum Gasteiger partial charge on any atom is -0.383 e. The fourth-order valence-electron chi connectivity index (χ4n) is 1.23. The number of hydrogen-bond acceptors (Lipinski definition) is 3. The first-order valence-corrected chi connectivity index (χ1v) is 6.85. The van der Waals surface area contributed by atoms with E-state index in [4.69, 9.17) is 16.3 Å². The summed E-state index contributed by atoms with van der Waals surface area (Å²) in [7, 11) is 3.38. The van der Waals surface area contributed by atoms with Crippen LogP contribution in [-0.4, -0.2) is 42.9 Å². The Morgan fingerprint density at radius 2 is 2.44 bits per heavy atom. The van der Waals surface area contributed by atoms with Crippen LogP contribution < -0.4 is 0 Å². The molecule has 0 saturated heterocycles. The summed E-state index contributed by atoms with van der Waals surface area (Å²) >= 11 is 10.7. The van der Waals surface area contributed by atoms with Crippen LogP contribution in [0.2, 0.25) is 5.02 Å². The number of methoxy groups -OCH3 is 1. The van der Waals surface area contributed by atoms with Crippen LogP contribution in [0.1, 0.15) is 9.67 Å². The predicted molar refractivity (Wildman–Crippen MR) is 70.9 cm³/mol. The minimum absolute atomic E-state index is 0.0550. The second-order valence-electron chi connectivity index (χ2n) is 3.34. The highest BCUT2D eigenvalue weighted by Gasteiger charge is 2.18. The molecule has 0 spiro atoms. The molecule has 90 valence electrons. The Morgan fingerprint density at radius 1 is 1.75 bits per heavy atom. The van der Waals surface area contributed by atoms with Gasteiger partial charge in [0, 0.05) is 20.7 Å². The van der Waals surface area contributed by atoms with Crippen LogP contribution in [-0.2, 0) is 4.74 Å². The van der Waals surface area contributed by atoms with Crippen molar-refractivity contribution in [1.82, 2.24) is 4.90 Å². The summed E-state index contributed by atoms with van der Waals surface area (Å²) in [5.41, 5.74) is 0. The first kappa shape index (κ1) is 14.0. The van der Waals surface area contributed by atoms with Gasteiger partial charge in [0.05, 0.1) is 16.5 Å². The van der Waals surface area contributed by atoms with Gasteiger partial charge in [-0.3, -0.25) is 4.79 Å². The van der Waals surface area contributed by atoms with Crippen LogP contribution in [0.5, 0.6) is 0 Å². The molecule has 1 amide bonds. The van der Waals surface area contributed by atoms with E-state index >= 15 is 0 Å². The van der Waals surface area contributed by atoms with E-state index in [1.807, 2.05) is 5.38 Å². The zero-order valence-corrected chi connectivity index (χ0v) is 12.2. The molecule has 0 bridgehead atoms. The molecule has 1 unspecified atom stereocenters. The number of alkyl halides is 1. The lowest BCUT2D eigenvalue weighted by molar-refractivity contribution is 0.0789. The summed E-state index contributed by atoms with van der Waals surface area (Å²) < 4.78 is 4.99. The highest BCUT2D eigenvalue weighted by atomic mass is 79.9. The number of carbonyl (C=O) groups is 1. The topological polar surface area (TPSA) is 29.5 Å². The monoisotopic (exact) mass is 325 g/mol. The highest BCUT2D eigenvalue weighted by Crippen LogP contribution is 2.23. The SMILES string of the molecule is COCC(Br)CN(C)C(=O)c1sccc1Cl. The second kappa shape index (κ2) is 6.59. The summed E-state index contributed by atoms with van der Waals surface area (Å²) in [5.74, 6) is -0.0550. The number of amides is 1. The quantitative estimate of drug-likeness (QED) is 0.779. The number of ether oxygens (including phenoxy) is 1. The van der Waals surface area contributed by atoms with Gasteiger partial charge in [0.15, 0.2) is 0 Å². The van der Waals surface area contributed by atoms with Crippen LogP contribution >= 0.6 is 38.9 Å². The maximum absolute atomic E-state index is 12.0. The fraction of sp³-hybridized carbons (Fsp3) is 0.500. The first-order valence-electron chi connectivity index (χ1n) is 4.67. The van der Waals surface area contributed by atoms with Gasteiger partial charge in [-0.1, -0.05) is 27.5 Å². The molecule has 0 saturated carbocycles. The van der Waals surface area contributed by atoms with E-state index in [0.29, 0.717) is 23.1 Å². The summed E-state index contributed by atoms with van der Waals surface area (Å²) in [6, 6.07) is 1.73. The zero-order chi connectivity index (χ0) is 12.1. The van der Waals surface area contributed by atoms with Gasteiger partial charge in [-0.05, 0) is 11.4 Å². The fourth-order valence-corrected chi connectivity index (χ4v) is 3.06. The lowest BCUT2D eigenvalue weighted by atomic mass is 10.3. The van der Waals surface area contributed by atoms with Crippen molar-refractivity contribution in [3.05, 3.63) is 21.3 Å². The summed E-state index contributed by atoms with van der Waals surface area (Å²) in [6.45, 7) is 1.15. The Kier molecular flexibility index (Phi) is 5.75. The van der Waals surface area contributed by atoms with Crippen molar-refractivity contribution in [1.29, 1.82) is 0 Å². The van der Waals surface area contributed by atoms with E-state index < -0.39 is 0 Å². The smallest absolute Gasteiger partial charge is 0.265 e. The third-order valence-corrected chi connectivity index (χ3v) is 3.86. The van der Waals surface area contributed by atoms with Gasteiger partial charge < -0.3 is 9.64 Å². The minimum atomic E-state index is -0.0550. The van der Waals surface area contributed by atoms with Gasteiger partial charge in [0.1, 0.15) is 4.88 Å². The van der Waals surface area contributed by atoms with E-state index in [1.54, 1.807) is 25.1 Å². The molecule has 0 N–H and O–H groups in total. The molecule has 0 aromatic carbocycles. The van der Waals surface area contributed by atoms with Crippen molar-refractivity contribution in [3.8, 4) is 0 Å². The summed E-state index contributed by atoms with van der Waals surface area (Å²) in [6.07, 6.45) is 0. The lowest BCUT2D eigenvalue weighted by Crippen LogP contribution is -2.33. The van der Waals surface area contributed by atoms with E-state index in [9.17, 15) is 4.79 Å². The normalized spacial score (nSPS) is 12.5. The Hall–Kier alpha value is -0.100. The molecule has 16 heavy (non-hydrogen) atoms. The number of hydrogen-bond donors (Lipinski definition) is 0. The number of rotatable bonds is 5. The van der Waals surface area contributed by atoms with Gasteiger partial charge in [0.2, 0.25) is 0 Å². The molecule has 1 rings (SSSR count). The molecule has 0 aliphatic carbocycles. The average Bonchev–Trinajstić information content (AvgIpc) is 2.63. The van der Waals surface area contributed by atoms with Crippen LogP contribution in [0.3, 0.4) is 0 Å². The van der Waals surface area contributed by atoms with Crippen molar-refractivity contribution in [2.45, 2.75) is 4.83 Å². The van der Waals surface area contributed by atoms with Gasteiger partial charge in [-0.2, -0.15) is 0 Å². The van der Waals surface area contributed by atoms with E-state index in [1.165, 1.54) is 11.3 Å². The maximum atomic E-state index is 12.0. The molecule has 6 heteroatoms. The Morgan fingerprint density at radius 3 is 2.94 bits per heavy atom. The van der Waals surface area contributed by atoms with Crippen molar-refractivity contribution in [2.75, 3.05) is 27.3 Å². The number of nitrogens with zero attached hydrogens (tertiary/aromatic N) is 1. The average molecular weight is 327 g/mol. The van der Waals surface area contributed by atoms with E-state index in [-0.39, 0.29) is 10.7 Å². The van der Waals surface area contributed by atoms with Crippen molar-refractivity contribution >= 4 is 44.8 Å². The third-order valence-electron chi connectivity index (χ3n) is 1.98. The van der Waals surface area contributed by atoms with Crippen LogP contribution in [0.25, 0.3) is 0 Å². The molecule has 1 heterocycles. The van der Waals surface area contributed by atoms with Gasteiger partial charge in [0.25, 0.3) is 5.91 Å². The van der Waals surface area contributed by atoms with Crippen molar-refractivity contribution in [3.63, 3.8) is 0 Å². The van der Waals surface area contributed by atoms with Crippen molar-refractivity contribution in [2.24, 2.45) is 0 Å². The number of carbonyl (C=O) groups excluding carboxylic acids is 1. The van der Waals surface area contributed by atoms with Crippen LogP contribution in [0.4, 0.5) is 0 Å². The molecular weight excluding hydrogens is 314 g/mol. The van der Waals surface area contributed by atoms with Gasteiger partial charge in [-0.15, -0.1) is 11.3 Å². The number of thiophene rings is 1. The van der Waals surface area contributed by atoms with E-state index in [0.717, 1.165) is 0 Å². The van der Waals surface area contributed by atoms with Crippen LogP contribution in [0, 0.1) is 0 Å². The molecule has 1 aromatic heterocycles. The number of halogens is 2. The van der Waals surface area contributed by atoms with Crippen LogP contribution in [0.15, 0.2) is 11.4 Å². The predicted octanol–water partition coefficient (Wildman–Crippen LogP) is 2.88. The van der Waals surface area contributed by atoms with Gasteiger partial charge in [-0.25, -0.2) is 0 Å². The standard InChI is InChI=1S/C10H13BrClNO2S/c1-13(5-7(11)6-15-2)10(14)9-8(12)3-4-16-9/h3-4,7H,5-6H2,1-2H3. The van der Waals surface area contributed by atoms with E-state index in [2.05, 4.69) is 15.9 Å². The molecule has 0 fully saturated rings. The molecular formula is C10H13BrClNO2S. The molecule has 0 aliphatic heterocycles. The molecule has 0 aliphatic rings. The molecule has 3 nitrogen and oxygen atoms in total. The summed E-state index contributed by atoms with van der Waals surface area (Å²) in [4.78, 5) is 14.3. The largest absolute Gasteiger partial charge is 0.383 e. The van der Waals surface area contributed by atoms with Gasteiger partial charge >= 0.3 is 0 Å². The second-order valence-corrected chi connectivity index (χ2v) is 5.95. The Bertz CT molecular complexity index is 358. The zero-order valence-electron chi connectivity index (χ0n) is 9.07. The molecule has 1 atom stereocenters. The molecule has 1 aromatic rings. The maximum Gasteiger partial charge on any atom is 0.265 e. The van der Waals surface area contributed by atoms with Crippen molar-refractivity contribution < 1.29 is 9.53 Å². The lowest BCUT2D eigenvalue weighted by Gasteiger charge is -2.19. The first-order chi connectivity index (χ1) is 7.56.